The molecule has 0 saturated heterocycles. The molecular weight excluding hydrogens is 368 g/mol. The molecule has 2 aromatic carbocycles. The third kappa shape index (κ3) is 4.80. The number of halogens is 1. The number of hydrogen-bond acceptors (Lipinski definition) is 5. The third-order valence-electron chi connectivity index (χ3n) is 3.97. The van der Waals surface area contributed by atoms with Gasteiger partial charge in [-0.05, 0) is 35.9 Å². The summed E-state index contributed by atoms with van der Waals surface area (Å²) in [5, 5.41) is 7.47. The minimum absolute atomic E-state index is 0.104. The van der Waals surface area contributed by atoms with Crippen LogP contribution in [0.3, 0.4) is 0 Å². The van der Waals surface area contributed by atoms with Gasteiger partial charge in [-0.25, -0.2) is 0 Å². The number of nitrogens with zero attached hydrogens (tertiary/aromatic N) is 1. The number of carbonyl (C=O) groups is 1. The van der Waals surface area contributed by atoms with E-state index in [4.69, 9.17) is 25.6 Å². The first-order valence-electron chi connectivity index (χ1n) is 8.28. The van der Waals surface area contributed by atoms with E-state index in [0.717, 1.165) is 11.1 Å². The molecule has 1 aromatic heterocycles. The lowest BCUT2D eigenvalue weighted by Crippen LogP contribution is -2.24. The molecule has 140 valence electrons. The summed E-state index contributed by atoms with van der Waals surface area (Å²) in [7, 11) is 3.15. The number of benzene rings is 2. The van der Waals surface area contributed by atoms with Gasteiger partial charge in [0.05, 0.1) is 27.2 Å². The zero-order valence-electron chi connectivity index (χ0n) is 15.0. The predicted octanol–water partition coefficient (Wildman–Crippen LogP) is 3.87. The van der Waals surface area contributed by atoms with Crippen LogP contribution in [0, 0.1) is 0 Å². The second-order valence-corrected chi connectivity index (χ2v) is 6.27. The van der Waals surface area contributed by atoms with E-state index < -0.39 is 0 Å². The van der Waals surface area contributed by atoms with Crippen LogP contribution >= 0.6 is 11.6 Å². The molecule has 0 unspecified atom stereocenters. The van der Waals surface area contributed by atoms with Gasteiger partial charge in [0.2, 0.25) is 5.91 Å². The van der Waals surface area contributed by atoms with Crippen LogP contribution in [0.2, 0.25) is 5.02 Å². The SMILES string of the molecule is COc1ccc(-c2cc(CNC(=O)Cc3ccc(Cl)cc3)no2)cc1OC. The lowest BCUT2D eigenvalue weighted by molar-refractivity contribution is -0.120. The average Bonchev–Trinajstić information content (AvgIpc) is 3.16. The molecule has 7 heteroatoms. The molecule has 0 fully saturated rings. The summed E-state index contributed by atoms with van der Waals surface area (Å²) >= 11 is 5.84. The van der Waals surface area contributed by atoms with Crippen LogP contribution < -0.4 is 14.8 Å². The van der Waals surface area contributed by atoms with Gasteiger partial charge in [0.1, 0.15) is 5.69 Å². The first kappa shape index (κ1) is 18.8. The van der Waals surface area contributed by atoms with Crippen molar-refractivity contribution in [3.63, 3.8) is 0 Å². The van der Waals surface area contributed by atoms with Crippen molar-refractivity contribution < 1.29 is 18.8 Å². The Balaban J connectivity index is 1.61. The molecule has 0 aliphatic rings. The van der Waals surface area contributed by atoms with Crippen LogP contribution in [0.1, 0.15) is 11.3 Å². The molecule has 0 saturated carbocycles. The number of hydrogen-bond donors (Lipinski definition) is 1. The normalized spacial score (nSPS) is 10.5. The Morgan fingerprint density at radius 3 is 2.52 bits per heavy atom. The van der Waals surface area contributed by atoms with Gasteiger partial charge in [0, 0.05) is 16.7 Å². The monoisotopic (exact) mass is 386 g/mol. The molecule has 6 nitrogen and oxygen atoms in total. The number of rotatable bonds is 7. The van der Waals surface area contributed by atoms with Crippen LogP contribution in [0.15, 0.2) is 53.1 Å². The fourth-order valence-electron chi connectivity index (χ4n) is 2.56. The topological polar surface area (TPSA) is 73.6 Å². The number of amides is 1. The summed E-state index contributed by atoms with van der Waals surface area (Å²) < 4.78 is 15.9. The Kier molecular flexibility index (Phi) is 5.98. The van der Waals surface area contributed by atoms with Crippen molar-refractivity contribution in [2.24, 2.45) is 0 Å². The summed E-state index contributed by atoms with van der Waals surface area (Å²) in [6.07, 6.45) is 0.275. The molecule has 0 radical (unpaired) electrons. The van der Waals surface area contributed by atoms with Crippen molar-refractivity contribution in [2.75, 3.05) is 14.2 Å². The first-order chi connectivity index (χ1) is 13.1. The molecule has 0 aliphatic heterocycles. The van der Waals surface area contributed by atoms with Crippen molar-refractivity contribution >= 4 is 17.5 Å². The van der Waals surface area contributed by atoms with Gasteiger partial charge in [0.15, 0.2) is 17.3 Å². The molecule has 0 spiro atoms. The fraction of sp³-hybridized carbons (Fsp3) is 0.200. The van der Waals surface area contributed by atoms with E-state index >= 15 is 0 Å². The molecule has 3 rings (SSSR count). The number of aromatic nitrogens is 1. The lowest BCUT2D eigenvalue weighted by Gasteiger charge is -2.07. The molecule has 0 atom stereocenters. The van der Waals surface area contributed by atoms with Gasteiger partial charge in [-0.15, -0.1) is 0 Å². The standard InChI is InChI=1S/C20H19ClN2O4/c1-25-17-8-5-14(10-19(17)26-2)18-11-16(23-27-18)12-22-20(24)9-13-3-6-15(21)7-4-13/h3-8,10-11H,9,12H2,1-2H3,(H,22,24). The number of methoxy groups -OCH3 is 2. The van der Waals surface area contributed by atoms with Crippen molar-refractivity contribution in [3.8, 4) is 22.8 Å². The van der Waals surface area contributed by atoms with Crippen molar-refractivity contribution in [1.82, 2.24) is 10.5 Å². The van der Waals surface area contributed by atoms with Gasteiger partial charge in [-0.1, -0.05) is 28.9 Å². The lowest BCUT2D eigenvalue weighted by atomic mass is 10.1. The molecule has 1 amide bonds. The predicted molar refractivity (Wildman–Crippen MR) is 102 cm³/mol. The highest BCUT2D eigenvalue weighted by Gasteiger charge is 2.12. The van der Waals surface area contributed by atoms with Crippen LogP contribution in [0.4, 0.5) is 0 Å². The van der Waals surface area contributed by atoms with Crippen LogP contribution in [0.5, 0.6) is 11.5 Å². The maximum atomic E-state index is 12.1. The highest BCUT2D eigenvalue weighted by molar-refractivity contribution is 6.30. The number of nitrogens with one attached hydrogen (secondary N) is 1. The van der Waals surface area contributed by atoms with Crippen molar-refractivity contribution in [3.05, 3.63) is 64.8 Å². The third-order valence-corrected chi connectivity index (χ3v) is 4.22. The van der Waals surface area contributed by atoms with Crippen LogP contribution in [0.25, 0.3) is 11.3 Å². The first-order valence-corrected chi connectivity index (χ1v) is 8.66. The summed E-state index contributed by atoms with van der Waals surface area (Å²) in [5.41, 5.74) is 2.33. The van der Waals surface area contributed by atoms with Gasteiger partial charge >= 0.3 is 0 Å². The summed E-state index contributed by atoms with van der Waals surface area (Å²) in [5.74, 6) is 1.71. The summed E-state index contributed by atoms with van der Waals surface area (Å²) in [6.45, 7) is 0.281. The maximum Gasteiger partial charge on any atom is 0.224 e. The molecule has 0 bridgehead atoms. The number of carbonyl (C=O) groups excluding carboxylic acids is 1. The average molecular weight is 387 g/mol. The molecule has 1 heterocycles. The Morgan fingerprint density at radius 2 is 1.81 bits per heavy atom. The molecule has 1 N–H and O–H groups in total. The smallest absolute Gasteiger partial charge is 0.224 e. The zero-order valence-corrected chi connectivity index (χ0v) is 15.7. The second-order valence-electron chi connectivity index (χ2n) is 5.83. The van der Waals surface area contributed by atoms with Crippen LogP contribution in [-0.2, 0) is 17.8 Å². The largest absolute Gasteiger partial charge is 0.493 e. The highest BCUT2D eigenvalue weighted by atomic mass is 35.5. The zero-order chi connectivity index (χ0) is 19.2. The van der Waals surface area contributed by atoms with E-state index in [-0.39, 0.29) is 18.9 Å². The summed E-state index contributed by atoms with van der Waals surface area (Å²) in [4.78, 5) is 12.1. The Morgan fingerprint density at radius 1 is 1.07 bits per heavy atom. The van der Waals surface area contributed by atoms with E-state index in [1.54, 1.807) is 38.5 Å². The van der Waals surface area contributed by atoms with E-state index in [1.807, 2.05) is 24.3 Å². The van der Waals surface area contributed by atoms with E-state index in [1.165, 1.54) is 0 Å². The van der Waals surface area contributed by atoms with Gasteiger partial charge < -0.3 is 19.3 Å². The molecular formula is C20H19ClN2O4. The fourth-order valence-corrected chi connectivity index (χ4v) is 2.69. The van der Waals surface area contributed by atoms with Crippen molar-refractivity contribution in [2.45, 2.75) is 13.0 Å². The molecule has 0 aliphatic carbocycles. The van der Waals surface area contributed by atoms with E-state index in [2.05, 4.69) is 10.5 Å². The second kappa shape index (κ2) is 8.60. The Labute approximate surface area is 162 Å². The van der Waals surface area contributed by atoms with E-state index in [9.17, 15) is 4.79 Å². The summed E-state index contributed by atoms with van der Waals surface area (Å²) in [6, 6.07) is 14.4. The van der Waals surface area contributed by atoms with Crippen LogP contribution in [-0.4, -0.2) is 25.3 Å². The quantitative estimate of drug-likeness (QED) is 0.667. The Bertz CT molecular complexity index is 922. The minimum atomic E-state index is -0.104. The van der Waals surface area contributed by atoms with E-state index in [0.29, 0.717) is 28.0 Å². The minimum Gasteiger partial charge on any atom is -0.493 e. The maximum absolute atomic E-state index is 12.1. The Hall–Kier alpha value is -2.99. The van der Waals surface area contributed by atoms with Gasteiger partial charge in [-0.2, -0.15) is 0 Å². The number of ether oxygens (including phenoxy) is 2. The van der Waals surface area contributed by atoms with Gasteiger partial charge in [0.25, 0.3) is 0 Å². The van der Waals surface area contributed by atoms with Crippen molar-refractivity contribution in [1.29, 1.82) is 0 Å². The highest BCUT2D eigenvalue weighted by Crippen LogP contribution is 2.32. The molecule has 3 aromatic rings. The molecule has 27 heavy (non-hydrogen) atoms. The van der Waals surface area contributed by atoms with Gasteiger partial charge in [-0.3, -0.25) is 4.79 Å².